The lowest BCUT2D eigenvalue weighted by Crippen LogP contribution is -2.45. The van der Waals surface area contributed by atoms with Crippen LogP contribution in [-0.2, 0) is 16.0 Å². The number of furan rings is 1. The summed E-state index contributed by atoms with van der Waals surface area (Å²) in [6.45, 7) is 5.91. The van der Waals surface area contributed by atoms with Crippen LogP contribution in [0.4, 0.5) is 0 Å². The summed E-state index contributed by atoms with van der Waals surface area (Å²) in [5.74, 6) is 2.33. The number of nitrogens with zero attached hydrogens (tertiary/aromatic N) is 2. The molecule has 0 saturated carbocycles. The summed E-state index contributed by atoms with van der Waals surface area (Å²) in [5, 5.41) is 0. The molecule has 0 radical (unpaired) electrons. The van der Waals surface area contributed by atoms with Crippen molar-refractivity contribution >= 4 is 11.8 Å². The first-order chi connectivity index (χ1) is 12.1. The lowest BCUT2D eigenvalue weighted by atomic mass is 9.94. The third kappa shape index (κ3) is 4.07. The molecule has 0 aromatic carbocycles. The van der Waals surface area contributed by atoms with Gasteiger partial charge in [0.05, 0.1) is 6.04 Å². The van der Waals surface area contributed by atoms with Gasteiger partial charge < -0.3 is 14.2 Å². The molecule has 5 nitrogen and oxygen atoms in total. The van der Waals surface area contributed by atoms with E-state index in [1.54, 1.807) is 6.92 Å². The fourth-order valence-electron chi connectivity index (χ4n) is 4.11. The van der Waals surface area contributed by atoms with Gasteiger partial charge in [0.15, 0.2) is 0 Å². The summed E-state index contributed by atoms with van der Waals surface area (Å²) in [4.78, 5) is 28.7. The van der Waals surface area contributed by atoms with Gasteiger partial charge in [-0.2, -0.15) is 0 Å². The number of carbonyl (C=O) groups is 2. The van der Waals surface area contributed by atoms with E-state index in [2.05, 4.69) is 11.8 Å². The van der Waals surface area contributed by atoms with Gasteiger partial charge in [-0.1, -0.05) is 19.8 Å². The molecule has 0 spiro atoms. The fraction of sp³-hybridized carbons (Fsp3) is 0.700. The molecule has 2 aliphatic rings. The Morgan fingerprint density at radius 3 is 2.48 bits per heavy atom. The summed E-state index contributed by atoms with van der Waals surface area (Å²) in [6, 6.07) is 4.16. The minimum absolute atomic E-state index is 0.0387. The van der Waals surface area contributed by atoms with E-state index >= 15 is 0 Å². The second-order valence-electron chi connectivity index (χ2n) is 7.33. The molecule has 0 bridgehead atoms. The number of carbonyl (C=O) groups excluding carboxylic acids is 2. The van der Waals surface area contributed by atoms with E-state index in [0.29, 0.717) is 13.1 Å². The minimum Gasteiger partial charge on any atom is -0.464 e. The van der Waals surface area contributed by atoms with Gasteiger partial charge in [-0.3, -0.25) is 9.59 Å². The molecule has 1 unspecified atom stereocenters. The van der Waals surface area contributed by atoms with E-state index in [4.69, 9.17) is 4.42 Å². The summed E-state index contributed by atoms with van der Waals surface area (Å²) in [5.41, 5.74) is 0. The first-order valence-corrected chi connectivity index (χ1v) is 9.74. The normalized spacial score (nSPS) is 22.7. The molecule has 25 heavy (non-hydrogen) atoms. The minimum atomic E-state index is 0.0387. The van der Waals surface area contributed by atoms with E-state index in [0.717, 1.165) is 56.6 Å². The topological polar surface area (TPSA) is 53.8 Å². The van der Waals surface area contributed by atoms with Crippen LogP contribution in [0.2, 0.25) is 0 Å². The average Bonchev–Trinajstić information content (AvgIpc) is 2.98. The number of aryl methyl sites for hydroxylation is 1. The van der Waals surface area contributed by atoms with Crippen LogP contribution in [0.1, 0.15) is 69.9 Å². The Bertz CT molecular complexity index is 602. The van der Waals surface area contributed by atoms with Crippen LogP contribution in [0.15, 0.2) is 16.5 Å². The monoisotopic (exact) mass is 346 g/mol. The molecular weight excluding hydrogens is 316 g/mol. The second-order valence-corrected chi connectivity index (χ2v) is 7.33. The maximum atomic E-state index is 13.2. The van der Waals surface area contributed by atoms with Crippen LogP contribution in [0.25, 0.3) is 0 Å². The molecule has 2 aliphatic heterocycles. The largest absolute Gasteiger partial charge is 0.464 e. The molecule has 0 N–H and O–H groups in total. The van der Waals surface area contributed by atoms with Crippen molar-refractivity contribution in [3.05, 3.63) is 23.7 Å². The SMILES string of the molecule is CCc1ccc(C2CCCCCN2C(=O)C2CCN(C(C)=O)CC2)o1. The van der Waals surface area contributed by atoms with Gasteiger partial charge in [0.25, 0.3) is 0 Å². The van der Waals surface area contributed by atoms with Crippen molar-refractivity contribution in [2.75, 3.05) is 19.6 Å². The molecule has 2 fully saturated rings. The van der Waals surface area contributed by atoms with E-state index in [-0.39, 0.29) is 23.8 Å². The Balaban J connectivity index is 1.72. The first-order valence-electron chi connectivity index (χ1n) is 9.74. The van der Waals surface area contributed by atoms with Crippen LogP contribution in [0, 0.1) is 5.92 Å². The molecular formula is C20H30N2O3. The van der Waals surface area contributed by atoms with Crippen molar-refractivity contribution in [3.63, 3.8) is 0 Å². The van der Waals surface area contributed by atoms with Crippen LogP contribution < -0.4 is 0 Å². The van der Waals surface area contributed by atoms with Crippen molar-refractivity contribution < 1.29 is 14.0 Å². The molecule has 0 aliphatic carbocycles. The van der Waals surface area contributed by atoms with Crippen LogP contribution in [-0.4, -0.2) is 41.2 Å². The third-order valence-electron chi connectivity index (χ3n) is 5.68. The van der Waals surface area contributed by atoms with Crippen molar-refractivity contribution in [1.82, 2.24) is 9.80 Å². The zero-order valence-electron chi connectivity index (χ0n) is 15.5. The highest BCUT2D eigenvalue weighted by Gasteiger charge is 2.34. The van der Waals surface area contributed by atoms with Crippen LogP contribution in [0.3, 0.4) is 0 Å². The van der Waals surface area contributed by atoms with Gasteiger partial charge in [-0.25, -0.2) is 0 Å². The average molecular weight is 346 g/mol. The van der Waals surface area contributed by atoms with Crippen molar-refractivity contribution in [3.8, 4) is 0 Å². The van der Waals surface area contributed by atoms with E-state index < -0.39 is 0 Å². The van der Waals surface area contributed by atoms with Crippen LogP contribution in [0.5, 0.6) is 0 Å². The van der Waals surface area contributed by atoms with Gasteiger partial charge in [-0.05, 0) is 37.8 Å². The summed E-state index contributed by atoms with van der Waals surface area (Å²) in [6.07, 6.45) is 6.79. The highest BCUT2D eigenvalue weighted by molar-refractivity contribution is 5.80. The van der Waals surface area contributed by atoms with Crippen molar-refractivity contribution in [1.29, 1.82) is 0 Å². The van der Waals surface area contributed by atoms with Crippen molar-refractivity contribution in [2.24, 2.45) is 5.92 Å². The molecule has 3 rings (SSSR count). The first kappa shape index (κ1) is 18.0. The molecule has 2 amide bonds. The predicted octanol–water partition coefficient (Wildman–Crippen LogP) is 3.54. The smallest absolute Gasteiger partial charge is 0.226 e. The molecule has 138 valence electrons. The van der Waals surface area contributed by atoms with E-state index in [1.807, 2.05) is 17.0 Å². The zero-order valence-corrected chi connectivity index (χ0v) is 15.5. The predicted molar refractivity (Wildman–Crippen MR) is 96.0 cm³/mol. The lowest BCUT2D eigenvalue weighted by molar-refractivity contribution is -0.142. The highest BCUT2D eigenvalue weighted by Crippen LogP contribution is 2.34. The number of hydrogen-bond donors (Lipinski definition) is 0. The Hall–Kier alpha value is -1.78. The molecule has 1 aromatic heterocycles. The Morgan fingerprint density at radius 2 is 1.84 bits per heavy atom. The molecule has 3 heterocycles. The van der Waals surface area contributed by atoms with Gasteiger partial charge in [0.2, 0.25) is 11.8 Å². The molecule has 1 aromatic rings. The van der Waals surface area contributed by atoms with E-state index in [9.17, 15) is 9.59 Å². The van der Waals surface area contributed by atoms with Gasteiger partial charge >= 0.3 is 0 Å². The van der Waals surface area contributed by atoms with Crippen molar-refractivity contribution in [2.45, 2.75) is 64.8 Å². The maximum absolute atomic E-state index is 13.2. The van der Waals surface area contributed by atoms with Crippen LogP contribution >= 0.6 is 0 Å². The number of rotatable bonds is 3. The zero-order chi connectivity index (χ0) is 17.8. The van der Waals surface area contributed by atoms with Gasteiger partial charge in [-0.15, -0.1) is 0 Å². The Morgan fingerprint density at radius 1 is 1.08 bits per heavy atom. The Kier molecular flexibility index (Phi) is 5.82. The summed E-state index contributed by atoms with van der Waals surface area (Å²) >= 11 is 0. The highest BCUT2D eigenvalue weighted by atomic mass is 16.3. The van der Waals surface area contributed by atoms with E-state index in [1.165, 1.54) is 6.42 Å². The number of hydrogen-bond acceptors (Lipinski definition) is 3. The van der Waals surface area contributed by atoms with Gasteiger partial charge in [0.1, 0.15) is 11.5 Å². The summed E-state index contributed by atoms with van der Waals surface area (Å²) < 4.78 is 6.00. The fourth-order valence-corrected chi connectivity index (χ4v) is 4.11. The third-order valence-corrected chi connectivity index (χ3v) is 5.68. The second kappa shape index (κ2) is 8.07. The summed E-state index contributed by atoms with van der Waals surface area (Å²) in [7, 11) is 0. The lowest BCUT2D eigenvalue weighted by Gasteiger charge is -2.36. The number of amides is 2. The number of likely N-dealkylation sites (tertiary alicyclic amines) is 2. The molecule has 2 saturated heterocycles. The standard InChI is InChI=1S/C20H30N2O3/c1-3-17-8-9-19(25-17)18-7-5-4-6-12-22(18)20(24)16-10-13-21(14-11-16)15(2)23/h8-9,16,18H,3-7,10-14H2,1-2H3. The number of piperidine rings is 1. The van der Waals surface area contributed by atoms with Gasteiger partial charge in [0, 0.05) is 38.9 Å². The quantitative estimate of drug-likeness (QED) is 0.841. The molecule has 5 heteroatoms. The molecule has 1 atom stereocenters. The Labute approximate surface area is 150 Å². The maximum Gasteiger partial charge on any atom is 0.226 e.